The fraction of sp³-hybridized carbons (Fsp3) is 0.375. The van der Waals surface area contributed by atoms with E-state index in [2.05, 4.69) is 51.8 Å². The lowest BCUT2D eigenvalue weighted by molar-refractivity contribution is -0.121. The molecule has 2 heterocycles. The molecule has 29 heavy (non-hydrogen) atoms. The highest BCUT2D eigenvalue weighted by Crippen LogP contribution is 2.27. The lowest BCUT2D eigenvalue weighted by Gasteiger charge is -2.31. The number of piperidine rings is 1. The van der Waals surface area contributed by atoms with Crippen LogP contribution in [-0.2, 0) is 4.79 Å². The maximum Gasteiger partial charge on any atom is 0.227 e. The fourth-order valence-corrected chi connectivity index (χ4v) is 4.51. The first-order valence-corrected chi connectivity index (χ1v) is 11.8. The molecule has 5 heteroatoms. The van der Waals surface area contributed by atoms with Gasteiger partial charge in [-0.15, -0.1) is 0 Å². The zero-order valence-electron chi connectivity index (χ0n) is 17.0. The summed E-state index contributed by atoms with van der Waals surface area (Å²) < 4.78 is 0. The van der Waals surface area contributed by atoms with Crippen molar-refractivity contribution in [2.45, 2.75) is 19.3 Å². The number of amides is 1. The highest BCUT2D eigenvalue weighted by atomic mass is 32.2. The second-order valence-electron chi connectivity index (χ2n) is 7.80. The smallest absolute Gasteiger partial charge is 0.227 e. The molecule has 0 atom stereocenters. The number of likely N-dealkylation sites (tertiary alicyclic amines) is 1. The SMILES string of the molecule is CSCCCN1CCC(C(=O)Nc2cccc(-c3cc4ccccc4[nH]3)c2)CC1. The maximum absolute atomic E-state index is 12.8. The van der Waals surface area contributed by atoms with Gasteiger partial charge in [0.1, 0.15) is 0 Å². The molecule has 1 aliphatic heterocycles. The van der Waals surface area contributed by atoms with Crippen molar-refractivity contribution in [3.63, 3.8) is 0 Å². The van der Waals surface area contributed by atoms with Crippen molar-refractivity contribution in [2.24, 2.45) is 5.92 Å². The Morgan fingerprint density at radius 1 is 1.14 bits per heavy atom. The standard InChI is InChI=1S/C24H29N3OS/c1-29-15-5-12-27-13-10-18(11-14-27)24(28)25-21-8-4-7-19(16-21)23-17-20-6-2-3-9-22(20)26-23/h2-4,6-9,16-18,26H,5,10-15H2,1H3,(H,25,28). The predicted octanol–water partition coefficient (Wildman–Crippen LogP) is 5.24. The lowest BCUT2D eigenvalue weighted by atomic mass is 9.95. The van der Waals surface area contributed by atoms with E-state index in [-0.39, 0.29) is 11.8 Å². The molecule has 2 aromatic carbocycles. The molecule has 152 valence electrons. The molecule has 1 amide bonds. The Labute approximate surface area is 177 Å². The molecular weight excluding hydrogens is 378 g/mol. The first-order chi connectivity index (χ1) is 14.2. The Hall–Kier alpha value is -2.24. The maximum atomic E-state index is 12.8. The second kappa shape index (κ2) is 9.51. The highest BCUT2D eigenvalue weighted by Gasteiger charge is 2.24. The van der Waals surface area contributed by atoms with Gasteiger partial charge < -0.3 is 15.2 Å². The molecule has 1 aromatic heterocycles. The number of nitrogens with zero attached hydrogens (tertiary/aromatic N) is 1. The molecule has 4 nitrogen and oxygen atoms in total. The zero-order chi connectivity index (χ0) is 20.1. The minimum Gasteiger partial charge on any atom is -0.355 e. The van der Waals surface area contributed by atoms with Crippen molar-refractivity contribution in [1.82, 2.24) is 9.88 Å². The van der Waals surface area contributed by atoms with Gasteiger partial charge in [-0.3, -0.25) is 4.79 Å². The van der Waals surface area contributed by atoms with Crippen LogP contribution in [0.25, 0.3) is 22.2 Å². The lowest BCUT2D eigenvalue weighted by Crippen LogP contribution is -2.38. The summed E-state index contributed by atoms with van der Waals surface area (Å²) in [5.74, 6) is 1.48. The van der Waals surface area contributed by atoms with E-state index in [1.165, 1.54) is 17.6 Å². The number of anilines is 1. The Bertz CT molecular complexity index is 926. The Kier molecular flexibility index (Phi) is 6.57. The van der Waals surface area contributed by atoms with Crippen molar-refractivity contribution in [1.29, 1.82) is 0 Å². The molecule has 2 N–H and O–H groups in total. The van der Waals surface area contributed by atoms with Crippen molar-refractivity contribution >= 4 is 34.3 Å². The molecule has 0 bridgehead atoms. The van der Waals surface area contributed by atoms with E-state index in [1.54, 1.807) is 0 Å². The number of H-pyrrole nitrogens is 1. The first-order valence-electron chi connectivity index (χ1n) is 10.4. The van der Waals surface area contributed by atoms with E-state index in [1.807, 2.05) is 36.0 Å². The minimum atomic E-state index is 0.114. The van der Waals surface area contributed by atoms with Gasteiger partial charge in [-0.1, -0.05) is 30.3 Å². The van der Waals surface area contributed by atoms with Crippen LogP contribution in [0, 0.1) is 5.92 Å². The van der Waals surface area contributed by atoms with Gasteiger partial charge >= 0.3 is 0 Å². The van der Waals surface area contributed by atoms with Crippen LogP contribution in [0.4, 0.5) is 5.69 Å². The molecule has 0 saturated carbocycles. The van der Waals surface area contributed by atoms with Crippen LogP contribution >= 0.6 is 11.8 Å². The molecule has 3 aromatic rings. The second-order valence-corrected chi connectivity index (χ2v) is 8.79. The summed E-state index contributed by atoms with van der Waals surface area (Å²) in [6.07, 6.45) is 5.29. The van der Waals surface area contributed by atoms with Crippen LogP contribution in [0.3, 0.4) is 0 Å². The molecule has 0 aliphatic carbocycles. The summed E-state index contributed by atoms with van der Waals surface area (Å²) in [5, 5.41) is 4.34. The van der Waals surface area contributed by atoms with E-state index in [0.29, 0.717) is 0 Å². The van der Waals surface area contributed by atoms with E-state index >= 15 is 0 Å². The number of benzene rings is 2. The number of hydrogen-bond acceptors (Lipinski definition) is 3. The van der Waals surface area contributed by atoms with E-state index in [0.717, 1.165) is 54.9 Å². The number of carbonyl (C=O) groups excluding carboxylic acids is 1. The van der Waals surface area contributed by atoms with Crippen molar-refractivity contribution in [2.75, 3.05) is 37.0 Å². The number of rotatable bonds is 7. The van der Waals surface area contributed by atoms with Crippen molar-refractivity contribution < 1.29 is 4.79 Å². The summed E-state index contributed by atoms with van der Waals surface area (Å²) in [7, 11) is 0. The van der Waals surface area contributed by atoms with E-state index in [4.69, 9.17) is 0 Å². The normalized spacial score (nSPS) is 15.6. The molecule has 1 aliphatic rings. The molecule has 0 unspecified atom stereocenters. The third kappa shape index (κ3) is 5.03. The first kappa shape index (κ1) is 20.0. The number of aromatic amines is 1. The molecular formula is C24H29N3OS. The average molecular weight is 408 g/mol. The topological polar surface area (TPSA) is 48.1 Å². The largest absolute Gasteiger partial charge is 0.355 e. The number of thioether (sulfide) groups is 1. The number of nitrogens with one attached hydrogen (secondary N) is 2. The van der Waals surface area contributed by atoms with Crippen molar-refractivity contribution in [3.8, 4) is 11.3 Å². The molecule has 0 spiro atoms. The van der Waals surface area contributed by atoms with Gasteiger partial charge in [-0.2, -0.15) is 11.8 Å². The Balaban J connectivity index is 1.36. The number of hydrogen-bond donors (Lipinski definition) is 2. The number of aromatic nitrogens is 1. The highest BCUT2D eigenvalue weighted by molar-refractivity contribution is 7.98. The number of fused-ring (bicyclic) bond motifs is 1. The predicted molar refractivity (Wildman–Crippen MR) is 125 cm³/mol. The summed E-state index contributed by atoms with van der Waals surface area (Å²) in [4.78, 5) is 18.7. The van der Waals surface area contributed by atoms with Gasteiger partial charge in [0.15, 0.2) is 0 Å². The Morgan fingerprint density at radius 3 is 2.76 bits per heavy atom. The quantitative estimate of drug-likeness (QED) is 0.527. The summed E-state index contributed by atoms with van der Waals surface area (Å²) >= 11 is 1.90. The molecule has 4 rings (SSSR count). The van der Waals surface area contributed by atoms with Gasteiger partial charge in [0, 0.05) is 33.8 Å². The van der Waals surface area contributed by atoms with Crippen LogP contribution in [-0.4, -0.2) is 47.4 Å². The minimum absolute atomic E-state index is 0.114. The third-order valence-electron chi connectivity index (χ3n) is 5.75. The molecule has 1 fully saturated rings. The van der Waals surface area contributed by atoms with Gasteiger partial charge in [0.2, 0.25) is 5.91 Å². The van der Waals surface area contributed by atoms with Crippen molar-refractivity contribution in [3.05, 3.63) is 54.6 Å². The number of carbonyl (C=O) groups is 1. The average Bonchev–Trinajstić information content (AvgIpc) is 3.19. The number of para-hydroxylation sites is 1. The van der Waals surface area contributed by atoms with Crippen LogP contribution < -0.4 is 5.32 Å². The summed E-state index contributed by atoms with van der Waals surface area (Å²) in [5.41, 5.74) is 4.15. The van der Waals surface area contributed by atoms with Gasteiger partial charge in [-0.25, -0.2) is 0 Å². The van der Waals surface area contributed by atoms with Crippen LogP contribution in [0.2, 0.25) is 0 Å². The Morgan fingerprint density at radius 2 is 1.97 bits per heavy atom. The molecule has 1 saturated heterocycles. The fourth-order valence-electron chi connectivity index (χ4n) is 4.09. The summed E-state index contributed by atoms with van der Waals surface area (Å²) in [6.45, 7) is 3.21. The summed E-state index contributed by atoms with van der Waals surface area (Å²) in [6, 6.07) is 18.5. The third-order valence-corrected chi connectivity index (χ3v) is 6.45. The van der Waals surface area contributed by atoms with E-state index < -0.39 is 0 Å². The van der Waals surface area contributed by atoms with E-state index in [9.17, 15) is 4.79 Å². The molecule has 0 radical (unpaired) electrons. The van der Waals surface area contributed by atoms with Gasteiger partial charge in [0.05, 0.1) is 0 Å². The zero-order valence-corrected chi connectivity index (χ0v) is 17.8. The van der Waals surface area contributed by atoms with Crippen LogP contribution in [0.1, 0.15) is 19.3 Å². The van der Waals surface area contributed by atoms with Crippen LogP contribution in [0.15, 0.2) is 54.6 Å². The monoisotopic (exact) mass is 407 g/mol. The van der Waals surface area contributed by atoms with Gasteiger partial charge in [0.25, 0.3) is 0 Å². The van der Waals surface area contributed by atoms with Crippen LogP contribution in [0.5, 0.6) is 0 Å². The van der Waals surface area contributed by atoms with Gasteiger partial charge in [-0.05, 0) is 75.2 Å².